The summed E-state index contributed by atoms with van der Waals surface area (Å²) >= 11 is 1.36. The standard InChI is InChI=1S/C9H12N2O4S/c1-5-2-11(9(14)10-8(5)13)6-4-15-7(3-12)16-6/h2,6-7,12H,3-4H2,1H3,(H,10,13,14)/t6-,7-/m1/s1. The maximum atomic E-state index is 11.6. The topological polar surface area (TPSA) is 84.3 Å². The van der Waals surface area contributed by atoms with Gasteiger partial charge < -0.3 is 9.84 Å². The quantitative estimate of drug-likeness (QED) is 0.727. The van der Waals surface area contributed by atoms with Crippen molar-refractivity contribution in [3.05, 3.63) is 32.6 Å². The zero-order valence-electron chi connectivity index (χ0n) is 8.67. The fourth-order valence-electron chi connectivity index (χ4n) is 1.49. The molecule has 1 aliphatic rings. The van der Waals surface area contributed by atoms with Crippen molar-refractivity contribution < 1.29 is 9.84 Å². The molecule has 2 rings (SSSR count). The summed E-state index contributed by atoms with van der Waals surface area (Å²) < 4.78 is 6.68. The van der Waals surface area contributed by atoms with Crippen molar-refractivity contribution in [3.8, 4) is 0 Å². The zero-order valence-corrected chi connectivity index (χ0v) is 9.49. The molecule has 1 aliphatic heterocycles. The van der Waals surface area contributed by atoms with E-state index in [2.05, 4.69) is 4.98 Å². The van der Waals surface area contributed by atoms with Gasteiger partial charge in [-0.05, 0) is 6.92 Å². The molecule has 2 N–H and O–H groups in total. The van der Waals surface area contributed by atoms with Crippen molar-refractivity contribution >= 4 is 11.8 Å². The van der Waals surface area contributed by atoms with E-state index in [1.807, 2.05) is 0 Å². The van der Waals surface area contributed by atoms with Gasteiger partial charge in [0.2, 0.25) is 0 Å². The summed E-state index contributed by atoms with van der Waals surface area (Å²) in [5.74, 6) is 0. The molecule has 0 unspecified atom stereocenters. The Morgan fingerprint density at radius 1 is 1.69 bits per heavy atom. The van der Waals surface area contributed by atoms with Gasteiger partial charge in [0.25, 0.3) is 5.56 Å². The second kappa shape index (κ2) is 4.44. The first-order chi connectivity index (χ1) is 7.61. The normalized spacial score (nSPS) is 24.9. The molecule has 16 heavy (non-hydrogen) atoms. The van der Waals surface area contributed by atoms with Gasteiger partial charge in [0, 0.05) is 11.8 Å². The molecule has 1 fully saturated rings. The van der Waals surface area contributed by atoms with E-state index in [0.29, 0.717) is 12.2 Å². The number of aliphatic hydroxyl groups excluding tert-OH is 1. The summed E-state index contributed by atoms with van der Waals surface area (Å²) in [7, 11) is 0. The third-order valence-electron chi connectivity index (χ3n) is 2.34. The van der Waals surface area contributed by atoms with E-state index in [4.69, 9.17) is 9.84 Å². The molecular formula is C9H12N2O4S. The molecule has 0 bridgehead atoms. The Hall–Kier alpha value is -1.05. The third-order valence-corrected chi connectivity index (χ3v) is 3.60. The van der Waals surface area contributed by atoms with Crippen LogP contribution < -0.4 is 11.2 Å². The van der Waals surface area contributed by atoms with Gasteiger partial charge in [-0.1, -0.05) is 0 Å². The van der Waals surface area contributed by atoms with Crippen LogP contribution in [0.1, 0.15) is 10.9 Å². The van der Waals surface area contributed by atoms with Gasteiger partial charge >= 0.3 is 5.69 Å². The van der Waals surface area contributed by atoms with Crippen LogP contribution in [0.25, 0.3) is 0 Å². The van der Waals surface area contributed by atoms with Crippen molar-refractivity contribution in [3.63, 3.8) is 0 Å². The number of ether oxygens (including phenoxy) is 1. The molecular weight excluding hydrogens is 232 g/mol. The van der Waals surface area contributed by atoms with E-state index in [9.17, 15) is 9.59 Å². The Labute approximate surface area is 95.3 Å². The molecule has 0 spiro atoms. The van der Waals surface area contributed by atoms with Crippen LogP contribution in [0.2, 0.25) is 0 Å². The van der Waals surface area contributed by atoms with E-state index in [0.717, 1.165) is 0 Å². The molecule has 6 nitrogen and oxygen atoms in total. The van der Waals surface area contributed by atoms with Crippen molar-refractivity contribution in [2.45, 2.75) is 17.7 Å². The smallest absolute Gasteiger partial charge is 0.329 e. The number of H-pyrrole nitrogens is 1. The molecule has 1 saturated heterocycles. The van der Waals surface area contributed by atoms with Gasteiger partial charge in [-0.2, -0.15) is 0 Å². The number of thioether (sulfide) groups is 1. The predicted molar refractivity (Wildman–Crippen MR) is 59.5 cm³/mol. The Morgan fingerprint density at radius 3 is 3.06 bits per heavy atom. The highest BCUT2D eigenvalue weighted by Crippen LogP contribution is 2.33. The number of aliphatic hydroxyl groups is 1. The molecule has 7 heteroatoms. The SMILES string of the molecule is Cc1cn([C@H]2CO[C@@H](CO)S2)c(=O)[nH]c1=O. The molecule has 88 valence electrons. The van der Waals surface area contributed by atoms with E-state index < -0.39 is 5.69 Å². The Morgan fingerprint density at radius 2 is 2.44 bits per heavy atom. The molecule has 0 aromatic carbocycles. The van der Waals surface area contributed by atoms with Crippen LogP contribution in [0.5, 0.6) is 0 Å². The second-order valence-corrected chi connectivity index (χ2v) is 4.86. The van der Waals surface area contributed by atoms with Crippen molar-refractivity contribution in [1.82, 2.24) is 9.55 Å². The molecule has 0 radical (unpaired) electrons. The number of aromatic nitrogens is 2. The van der Waals surface area contributed by atoms with Gasteiger partial charge in [-0.3, -0.25) is 14.3 Å². The number of aromatic amines is 1. The molecule has 0 aliphatic carbocycles. The summed E-state index contributed by atoms with van der Waals surface area (Å²) in [6.07, 6.45) is 1.52. The number of aryl methyl sites for hydroxylation is 1. The van der Waals surface area contributed by atoms with Gasteiger partial charge in [0.1, 0.15) is 10.8 Å². The first-order valence-corrected chi connectivity index (χ1v) is 5.76. The van der Waals surface area contributed by atoms with Crippen LogP contribution >= 0.6 is 11.8 Å². The lowest BCUT2D eigenvalue weighted by atomic mass is 10.4. The minimum Gasteiger partial charge on any atom is -0.393 e. The van der Waals surface area contributed by atoms with Gasteiger partial charge in [-0.25, -0.2) is 4.79 Å². The highest BCUT2D eigenvalue weighted by molar-refractivity contribution is 8.00. The fourth-order valence-corrected chi connectivity index (χ4v) is 2.52. The molecule has 0 amide bonds. The largest absolute Gasteiger partial charge is 0.393 e. The molecule has 2 heterocycles. The third kappa shape index (κ3) is 2.06. The van der Waals surface area contributed by atoms with E-state index in [-0.39, 0.29) is 23.0 Å². The summed E-state index contributed by atoms with van der Waals surface area (Å²) in [4.78, 5) is 25.0. The Bertz CT molecular complexity index is 495. The highest BCUT2D eigenvalue weighted by atomic mass is 32.2. The van der Waals surface area contributed by atoms with Crippen LogP contribution in [-0.4, -0.2) is 33.3 Å². The maximum absolute atomic E-state index is 11.6. The molecule has 1 aromatic heterocycles. The van der Waals surface area contributed by atoms with E-state index in [1.54, 1.807) is 6.92 Å². The fraction of sp³-hybridized carbons (Fsp3) is 0.556. The monoisotopic (exact) mass is 244 g/mol. The van der Waals surface area contributed by atoms with Crippen LogP contribution in [0.15, 0.2) is 15.8 Å². The average Bonchev–Trinajstić information content (AvgIpc) is 2.71. The summed E-state index contributed by atoms with van der Waals surface area (Å²) in [6, 6.07) is 0. The van der Waals surface area contributed by atoms with Gasteiger partial charge in [0.15, 0.2) is 0 Å². The Balaban J connectivity index is 2.32. The van der Waals surface area contributed by atoms with Crippen molar-refractivity contribution in [2.24, 2.45) is 0 Å². The van der Waals surface area contributed by atoms with Crippen LogP contribution in [0, 0.1) is 6.92 Å². The van der Waals surface area contributed by atoms with Gasteiger partial charge in [-0.15, -0.1) is 11.8 Å². The highest BCUT2D eigenvalue weighted by Gasteiger charge is 2.27. The molecule has 2 atom stereocenters. The van der Waals surface area contributed by atoms with Crippen LogP contribution in [0.3, 0.4) is 0 Å². The summed E-state index contributed by atoms with van der Waals surface area (Å²) in [5, 5.41) is 8.71. The van der Waals surface area contributed by atoms with Crippen LogP contribution in [0.4, 0.5) is 0 Å². The maximum Gasteiger partial charge on any atom is 0.329 e. The summed E-state index contributed by atoms with van der Waals surface area (Å²) in [5.41, 5.74) is -0.643. The molecule has 0 saturated carbocycles. The van der Waals surface area contributed by atoms with E-state index in [1.165, 1.54) is 22.5 Å². The molecule has 1 aromatic rings. The number of nitrogens with one attached hydrogen (secondary N) is 1. The van der Waals surface area contributed by atoms with Gasteiger partial charge in [0.05, 0.1) is 13.2 Å². The van der Waals surface area contributed by atoms with E-state index >= 15 is 0 Å². The second-order valence-electron chi connectivity index (χ2n) is 3.51. The lowest BCUT2D eigenvalue weighted by molar-refractivity contribution is 0.0803. The van der Waals surface area contributed by atoms with Crippen molar-refractivity contribution in [2.75, 3.05) is 13.2 Å². The predicted octanol–water partition coefficient (Wildman–Crippen LogP) is -0.575. The number of nitrogens with zero attached hydrogens (tertiary/aromatic N) is 1. The Kier molecular flexibility index (Phi) is 3.17. The first kappa shape index (κ1) is 11.4. The summed E-state index contributed by atoms with van der Waals surface area (Å²) in [6.45, 7) is 1.90. The van der Waals surface area contributed by atoms with Crippen molar-refractivity contribution in [1.29, 1.82) is 0 Å². The minimum atomic E-state index is -0.449. The number of hydrogen-bond acceptors (Lipinski definition) is 5. The lowest BCUT2D eigenvalue weighted by Gasteiger charge is -2.11. The van der Waals surface area contributed by atoms with Crippen LogP contribution in [-0.2, 0) is 4.74 Å². The number of hydrogen-bond donors (Lipinski definition) is 2. The number of rotatable bonds is 2. The minimum absolute atomic E-state index is 0.0851. The zero-order chi connectivity index (χ0) is 11.7. The first-order valence-electron chi connectivity index (χ1n) is 4.82. The lowest BCUT2D eigenvalue weighted by Crippen LogP contribution is -2.32. The average molecular weight is 244 g/mol.